The molecule has 1 aliphatic carbocycles. The molecule has 2 aliphatic rings. The minimum Gasteiger partial charge on any atom is -0.506 e. The molecular formula is C25H29FN2O5. The van der Waals surface area contributed by atoms with Crippen molar-refractivity contribution in [1.82, 2.24) is 4.98 Å². The lowest BCUT2D eigenvalue weighted by Crippen LogP contribution is -2.34. The first-order chi connectivity index (χ1) is 15.8. The van der Waals surface area contributed by atoms with Crippen LogP contribution in [-0.4, -0.2) is 40.1 Å². The van der Waals surface area contributed by atoms with Crippen LogP contribution in [0.4, 0.5) is 4.39 Å². The van der Waals surface area contributed by atoms with E-state index in [9.17, 15) is 15.0 Å². The van der Waals surface area contributed by atoms with Gasteiger partial charge in [-0.25, -0.2) is 9.18 Å². The Morgan fingerprint density at radius 1 is 1.21 bits per heavy atom. The number of pyridine rings is 1. The van der Waals surface area contributed by atoms with Crippen LogP contribution >= 0.6 is 0 Å². The van der Waals surface area contributed by atoms with E-state index in [1.165, 1.54) is 0 Å². The number of carbonyl (C=O) groups excluding carboxylic acids is 1. The highest BCUT2D eigenvalue weighted by molar-refractivity contribution is 6.02. The second-order valence-corrected chi connectivity index (χ2v) is 9.04. The predicted molar refractivity (Wildman–Crippen MR) is 120 cm³/mol. The van der Waals surface area contributed by atoms with Crippen molar-refractivity contribution in [1.29, 1.82) is 0 Å². The van der Waals surface area contributed by atoms with Crippen LogP contribution < -0.4 is 4.74 Å². The molecule has 1 fully saturated rings. The molecule has 1 aromatic heterocycles. The van der Waals surface area contributed by atoms with Gasteiger partial charge in [0.2, 0.25) is 0 Å². The van der Waals surface area contributed by atoms with E-state index in [0.717, 1.165) is 43.2 Å². The van der Waals surface area contributed by atoms with Crippen molar-refractivity contribution in [3.8, 4) is 11.5 Å². The molecular weight excluding hydrogens is 427 g/mol. The van der Waals surface area contributed by atoms with Gasteiger partial charge < -0.3 is 19.8 Å². The van der Waals surface area contributed by atoms with Crippen molar-refractivity contribution < 1.29 is 29.0 Å². The molecule has 176 valence electrons. The zero-order valence-corrected chi connectivity index (χ0v) is 19.0. The molecule has 7 nitrogen and oxygen atoms in total. The number of halogens is 1. The Bertz CT molecular complexity index is 1090. The Kier molecular flexibility index (Phi) is 6.65. The molecule has 2 aromatic rings. The van der Waals surface area contributed by atoms with Gasteiger partial charge in [-0.05, 0) is 61.6 Å². The Morgan fingerprint density at radius 3 is 2.64 bits per heavy atom. The van der Waals surface area contributed by atoms with Crippen LogP contribution in [-0.2, 0) is 21.5 Å². The van der Waals surface area contributed by atoms with Crippen molar-refractivity contribution in [2.45, 2.75) is 64.2 Å². The van der Waals surface area contributed by atoms with Gasteiger partial charge in [-0.3, -0.25) is 4.98 Å². The molecule has 1 saturated carbocycles. The fourth-order valence-electron chi connectivity index (χ4n) is 4.78. The lowest BCUT2D eigenvalue weighted by molar-refractivity contribution is -0.140. The summed E-state index contributed by atoms with van der Waals surface area (Å²) in [6.07, 6.45) is 5.10. The monoisotopic (exact) mass is 456 g/mol. The average molecular weight is 457 g/mol. The maximum atomic E-state index is 15.1. The minimum atomic E-state index is -0.528. The van der Waals surface area contributed by atoms with E-state index in [1.807, 2.05) is 6.92 Å². The number of hydrogen-bond acceptors (Lipinski definition) is 7. The van der Waals surface area contributed by atoms with Gasteiger partial charge in [0.15, 0.2) is 11.6 Å². The van der Waals surface area contributed by atoms with E-state index in [1.54, 1.807) is 25.1 Å². The quantitative estimate of drug-likeness (QED) is 0.611. The van der Waals surface area contributed by atoms with E-state index in [4.69, 9.17) is 9.72 Å². The number of aryl methyl sites for hydroxylation is 1. The molecule has 0 amide bonds. The summed E-state index contributed by atoms with van der Waals surface area (Å²) in [5, 5.41) is 24.3. The number of aliphatic hydroxyl groups excluding tert-OH is 1. The van der Waals surface area contributed by atoms with Crippen molar-refractivity contribution in [2.75, 3.05) is 13.2 Å². The summed E-state index contributed by atoms with van der Waals surface area (Å²) in [4.78, 5) is 20.4. The van der Waals surface area contributed by atoms with Crippen molar-refractivity contribution in [2.24, 2.45) is 5.16 Å². The standard InChI is InChI=1S/C25H29FN2O5/c1-15-10-21(32-13-18-12-22(31)33-28-18)23(26)16(2)19(15)11-17-6-7-20(30)24(27-17)25(14-29)8-4-3-5-9-25/h6-7,10,29-30H,3-5,8-9,11-14H2,1-2H3. The molecule has 8 heteroatoms. The number of benzene rings is 1. The molecule has 4 rings (SSSR count). The second-order valence-electron chi connectivity index (χ2n) is 9.04. The Hall–Kier alpha value is -3.00. The maximum Gasteiger partial charge on any atom is 0.340 e. The molecule has 2 N–H and O–H groups in total. The summed E-state index contributed by atoms with van der Waals surface area (Å²) >= 11 is 0. The highest BCUT2D eigenvalue weighted by Crippen LogP contribution is 2.42. The summed E-state index contributed by atoms with van der Waals surface area (Å²) in [5.41, 5.74) is 3.22. The van der Waals surface area contributed by atoms with Crippen molar-refractivity contribution >= 4 is 11.7 Å². The number of oxime groups is 1. The molecule has 0 atom stereocenters. The van der Waals surface area contributed by atoms with E-state index < -0.39 is 17.2 Å². The molecule has 1 aromatic carbocycles. The number of aromatic hydroxyl groups is 1. The molecule has 0 radical (unpaired) electrons. The zero-order valence-electron chi connectivity index (χ0n) is 19.0. The van der Waals surface area contributed by atoms with Crippen LogP contribution in [0.5, 0.6) is 11.5 Å². The molecule has 0 unspecified atom stereocenters. The fourth-order valence-corrected chi connectivity index (χ4v) is 4.78. The van der Waals surface area contributed by atoms with Crippen LogP contribution in [0.1, 0.15) is 66.6 Å². The first-order valence-electron chi connectivity index (χ1n) is 11.3. The Balaban J connectivity index is 1.58. The smallest absolute Gasteiger partial charge is 0.340 e. The van der Waals surface area contributed by atoms with Crippen molar-refractivity contribution in [3.05, 3.63) is 52.1 Å². The van der Waals surface area contributed by atoms with Gasteiger partial charge in [-0.2, -0.15) is 0 Å². The first-order valence-corrected chi connectivity index (χ1v) is 11.3. The second kappa shape index (κ2) is 9.47. The maximum absolute atomic E-state index is 15.1. The van der Waals surface area contributed by atoms with E-state index in [0.29, 0.717) is 29.1 Å². The molecule has 0 bridgehead atoms. The van der Waals surface area contributed by atoms with Crippen LogP contribution in [0, 0.1) is 19.7 Å². The predicted octanol–water partition coefficient (Wildman–Crippen LogP) is 4.01. The third kappa shape index (κ3) is 4.71. The van der Waals surface area contributed by atoms with Gasteiger partial charge in [0.1, 0.15) is 18.1 Å². The summed E-state index contributed by atoms with van der Waals surface area (Å²) in [5.74, 6) is -0.736. The van der Waals surface area contributed by atoms with Gasteiger partial charge in [0.05, 0.1) is 18.7 Å². The lowest BCUT2D eigenvalue weighted by Gasteiger charge is -2.35. The number of aromatic nitrogens is 1. The van der Waals surface area contributed by atoms with Crippen LogP contribution in [0.3, 0.4) is 0 Å². The number of nitrogens with zero attached hydrogens (tertiary/aromatic N) is 2. The van der Waals surface area contributed by atoms with Gasteiger partial charge >= 0.3 is 5.97 Å². The third-order valence-electron chi connectivity index (χ3n) is 6.75. The molecule has 2 heterocycles. The zero-order chi connectivity index (χ0) is 23.6. The van der Waals surface area contributed by atoms with Crippen LogP contribution in [0.2, 0.25) is 0 Å². The van der Waals surface area contributed by atoms with Crippen LogP contribution in [0.15, 0.2) is 23.4 Å². The van der Waals surface area contributed by atoms with E-state index in [2.05, 4.69) is 9.99 Å². The first kappa shape index (κ1) is 23.2. The lowest BCUT2D eigenvalue weighted by atomic mass is 9.72. The number of carbonyl (C=O) groups is 1. The van der Waals surface area contributed by atoms with Crippen molar-refractivity contribution in [3.63, 3.8) is 0 Å². The SMILES string of the molecule is Cc1cc(OCC2=NOC(=O)C2)c(F)c(C)c1Cc1ccc(O)c(C2(CO)CCCCC2)n1. The largest absolute Gasteiger partial charge is 0.506 e. The van der Waals surface area contributed by atoms with E-state index >= 15 is 4.39 Å². The van der Waals surface area contributed by atoms with E-state index in [-0.39, 0.29) is 31.1 Å². The van der Waals surface area contributed by atoms with Gasteiger partial charge in [0, 0.05) is 17.5 Å². The van der Waals surface area contributed by atoms with Gasteiger partial charge in [-0.15, -0.1) is 0 Å². The summed E-state index contributed by atoms with van der Waals surface area (Å²) < 4.78 is 20.7. The summed E-state index contributed by atoms with van der Waals surface area (Å²) in [6.45, 7) is 3.50. The average Bonchev–Trinajstić information content (AvgIpc) is 3.24. The number of aliphatic hydroxyl groups is 1. The van der Waals surface area contributed by atoms with Gasteiger partial charge in [0.25, 0.3) is 0 Å². The van der Waals surface area contributed by atoms with Gasteiger partial charge in [-0.1, -0.05) is 24.4 Å². The Labute approximate surface area is 192 Å². The topological polar surface area (TPSA) is 101 Å². The number of rotatable bonds is 7. The highest BCUT2D eigenvalue weighted by Gasteiger charge is 2.37. The number of ether oxygens (including phenoxy) is 1. The number of hydrogen-bond donors (Lipinski definition) is 2. The Morgan fingerprint density at radius 2 is 1.97 bits per heavy atom. The third-order valence-corrected chi connectivity index (χ3v) is 6.75. The minimum absolute atomic E-state index is 0.0208. The summed E-state index contributed by atoms with van der Waals surface area (Å²) in [7, 11) is 0. The summed E-state index contributed by atoms with van der Waals surface area (Å²) in [6, 6.07) is 4.99. The molecule has 33 heavy (non-hydrogen) atoms. The fraction of sp³-hybridized carbons (Fsp3) is 0.480. The molecule has 0 saturated heterocycles. The molecule has 1 aliphatic heterocycles. The highest BCUT2D eigenvalue weighted by atomic mass is 19.1. The molecule has 0 spiro atoms. The van der Waals surface area contributed by atoms with Crippen LogP contribution in [0.25, 0.3) is 0 Å². The normalized spacial score (nSPS) is 17.6.